The van der Waals surface area contributed by atoms with Crippen LogP contribution in [0.2, 0.25) is 0 Å². The van der Waals surface area contributed by atoms with E-state index >= 15 is 0 Å². The molecule has 0 spiro atoms. The maximum Gasteiger partial charge on any atom is 0.134 e. The fourth-order valence-corrected chi connectivity index (χ4v) is 2.83. The van der Waals surface area contributed by atoms with E-state index in [-0.39, 0.29) is 0 Å². The quantitative estimate of drug-likeness (QED) is 0.615. The number of nitrogens with one attached hydrogen (secondary N) is 1. The Morgan fingerprint density at radius 2 is 1.85 bits per heavy atom. The van der Waals surface area contributed by atoms with Gasteiger partial charge in [-0.05, 0) is 19.0 Å². The molecule has 20 heavy (non-hydrogen) atoms. The molecule has 1 aromatic carbocycles. The third kappa shape index (κ3) is 3.86. The van der Waals surface area contributed by atoms with Crippen molar-refractivity contribution in [3.05, 3.63) is 36.1 Å². The zero-order valence-corrected chi connectivity index (χ0v) is 12.8. The topological polar surface area (TPSA) is 25.2 Å². The number of fused-ring (bicyclic) bond motifs is 1. The highest BCUT2D eigenvalue weighted by Crippen LogP contribution is 2.29. The second-order valence-corrected chi connectivity index (χ2v) is 5.50. The van der Waals surface area contributed by atoms with E-state index in [2.05, 4.69) is 31.3 Å². The molecule has 0 aliphatic heterocycles. The summed E-state index contributed by atoms with van der Waals surface area (Å²) in [6.45, 7) is 5.44. The van der Waals surface area contributed by atoms with Crippen LogP contribution in [-0.4, -0.2) is 6.54 Å². The molecule has 0 bridgehead atoms. The van der Waals surface area contributed by atoms with Crippen molar-refractivity contribution in [2.45, 2.75) is 58.4 Å². The lowest BCUT2D eigenvalue weighted by Gasteiger charge is -2.16. The van der Waals surface area contributed by atoms with Crippen molar-refractivity contribution in [1.82, 2.24) is 5.32 Å². The monoisotopic (exact) mass is 273 g/mol. The highest BCUT2D eigenvalue weighted by molar-refractivity contribution is 5.81. The van der Waals surface area contributed by atoms with E-state index in [1.807, 2.05) is 18.4 Å². The van der Waals surface area contributed by atoms with Gasteiger partial charge in [-0.25, -0.2) is 0 Å². The molecule has 0 saturated carbocycles. The number of benzene rings is 1. The van der Waals surface area contributed by atoms with E-state index < -0.39 is 0 Å². The molecular weight excluding hydrogens is 246 g/mol. The normalized spacial score (nSPS) is 12.9. The predicted molar refractivity (Wildman–Crippen MR) is 86.0 cm³/mol. The SMILES string of the molecule is CCCCCCCC(NCC)c1coc2ccccc12. The molecule has 1 atom stereocenters. The standard InChI is InChI=1S/C18H27NO/c1-3-5-6-7-8-12-17(19-4-2)16-14-20-18-13-10-9-11-15(16)18/h9-11,13-14,17,19H,3-8,12H2,1-2H3. The Labute approximate surface area is 122 Å². The second kappa shape index (κ2) is 8.11. The van der Waals surface area contributed by atoms with Crippen LogP contribution in [0.3, 0.4) is 0 Å². The smallest absolute Gasteiger partial charge is 0.134 e. The molecule has 0 aliphatic carbocycles. The second-order valence-electron chi connectivity index (χ2n) is 5.50. The van der Waals surface area contributed by atoms with Crippen molar-refractivity contribution in [3.63, 3.8) is 0 Å². The summed E-state index contributed by atoms with van der Waals surface area (Å²) in [5, 5.41) is 4.86. The lowest BCUT2D eigenvalue weighted by atomic mass is 9.99. The van der Waals surface area contributed by atoms with E-state index in [1.165, 1.54) is 49.5 Å². The van der Waals surface area contributed by atoms with E-state index in [4.69, 9.17) is 4.42 Å². The Balaban J connectivity index is 2.00. The van der Waals surface area contributed by atoms with Crippen LogP contribution in [0.1, 0.15) is 64.0 Å². The molecule has 2 heteroatoms. The number of rotatable bonds is 9. The fourth-order valence-electron chi connectivity index (χ4n) is 2.83. The largest absolute Gasteiger partial charge is 0.464 e. The average molecular weight is 273 g/mol. The number of hydrogen-bond donors (Lipinski definition) is 1. The number of furan rings is 1. The van der Waals surface area contributed by atoms with Gasteiger partial charge in [0.05, 0.1) is 6.26 Å². The van der Waals surface area contributed by atoms with Crippen molar-refractivity contribution in [2.24, 2.45) is 0 Å². The van der Waals surface area contributed by atoms with Crippen LogP contribution in [0.15, 0.2) is 34.9 Å². The summed E-state index contributed by atoms with van der Waals surface area (Å²) in [6.07, 6.45) is 9.79. The molecule has 1 aromatic heterocycles. The predicted octanol–water partition coefficient (Wildman–Crippen LogP) is 5.44. The van der Waals surface area contributed by atoms with Crippen molar-refractivity contribution < 1.29 is 4.42 Å². The first-order valence-electron chi connectivity index (χ1n) is 8.06. The van der Waals surface area contributed by atoms with Gasteiger partial charge in [0.1, 0.15) is 5.58 Å². The maximum absolute atomic E-state index is 5.68. The van der Waals surface area contributed by atoms with Gasteiger partial charge in [0.15, 0.2) is 0 Å². The summed E-state index contributed by atoms with van der Waals surface area (Å²) in [6, 6.07) is 8.75. The van der Waals surface area contributed by atoms with Crippen LogP contribution in [0.5, 0.6) is 0 Å². The first-order chi connectivity index (χ1) is 9.86. The van der Waals surface area contributed by atoms with Gasteiger partial charge in [0.25, 0.3) is 0 Å². The van der Waals surface area contributed by atoms with Crippen molar-refractivity contribution >= 4 is 11.0 Å². The number of unbranched alkanes of at least 4 members (excludes halogenated alkanes) is 4. The molecule has 0 radical (unpaired) electrons. The molecule has 0 amide bonds. The maximum atomic E-state index is 5.68. The van der Waals surface area contributed by atoms with E-state index in [9.17, 15) is 0 Å². The zero-order chi connectivity index (χ0) is 14.2. The van der Waals surface area contributed by atoms with Crippen molar-refractivity contribution in [3.8, 4) is 0 Å². The molecule has 1 N–H and O–H groups in total. The van der Waals surface area contributed by atoms with Gasteiger partial charge in [-0.2, -0.15) is 0 Å². The summed E-state index contributed by atoms with van der Waals surface area (Å²) >= 11 is 0. The van der Waals surface area contributed by atoms with Crippen LogP contribution in [-0.2, 0) is 0 Å². The lowest BCUT2D eigenvalue weighted by Crippen LogP contribution is -2.20. The summed E-state index contributed by atoms with van der Waals surface area (Å²) in [5.41, 5.74) is 2.31. The minimum absolute atomic E-state index is 0.422. The van der Waals surface area contributed by atoms with E-state index in [1.54, 1.807) is 0 Å². The van der Waals surface area contributed by atoms with E-state index in [0.717, 1.165) is 12.1 Å². The Morgan fingerprint density at radius 1 is 1.05 bits per heavy atom. The summed E-state index contributed by atoms with van der Waals surface area (Å²) in [5.74, 6) is 0. The molecule has 1 unspecified atom stereocenters. The molecule has 2 nitrogen and oxygen atoms in total. The average Bonchev–Trinajstić information content (AvgIpc) is 2.90. The first kappa shape index (κ1) is 15.1. The van der Waals surface area contributed by atoms with Crippen LogP contribution >= 0.6 is 0 Å². The Bertz CT molecular complexity index is 503. The first-order valence-corrected chi connectivity index (χ1v) is 8.06. The molecule has 0 fully saturated rings. The lowest BCUT2D eigenvalue weighted by molar-refractivity contribution is 0.474. The van der Waals surface area contributed by atoms with Crippen LogP contribution in [0, 0.1) is 0 Å². The van der Waals surface area contributed by atoms with Gasteiger partial charge in [0.2, 0.25) is 0 Å². The van der Waals surface area contributed by atoms with Gasteiger partial charge >= 0.3 is 0 Å². The highest BCUT2D eigenvalue weighted by Gasteiger charge is 2.15. The van der Waals surface area contributed by atoms with Crippen LogP contribution in [0.25, 0.3) is 11.0 Å². The molecular formula is C18H27NO. The summed E-state index contributed by atoms with van der Waals surface area (Å²) in [7, 11) is 0. The Hall–Kier alpha value is -1.28. The van der Waals surface area contributed by atoms with Crippen molar-refractivity contribution in [2.75, 3.05) is 6.54 Å². The third-order valence-corrected chi connectivity index (χ3v) is 3.93. The van der Waals surface area contributed by atoms with Crippen LogP contribution in [0.4, 0.5) is 0 Å². The Kier molecular flexibility index (Phi) is 6.13. The molecule has 110 valence electrons. The Morgan fingerprint density at radius 3 is 2.65 bits per heavy atom. The van der Waals surface area contributed by atoms with Crippen molar-refractivity contribution in [1.29, 1.82) is 0 Å². The summed E-state index contributed by atoms with van der Waals surface area (Å²) < 4.78 is 5.68. The highest BCUT2D eigenvalue weighted by atomic mass is 16.3. The minimum Gasteiger partial charge on any atom is -0.464 e. The minimum atomic E-state index is 0.422. The van der Waals surface area contributed by atoms with Gasteiger partial charge < -0.3 is 9.73 Å². The van der Waals surface area contributed by atoms with Gasteiger partial charge in [-0.15, -0.1) is 0 Å². The number of para-hydroxylation sites is 1. The fraction of sp³-hybridized carbons (Fsp3) is 0.556. The third-order valence-electron chi connectivity index (χ3n) is 3.93. The van der Waals surface area contributed by atoms with Crippen LogP contribution < -0.4 is 5.32 Å². The van der Waals surface area contributed by atoms with E-state index in [0.29, 0.717) is 6.04 Å². The van der Waals surface area contributed by atoms with Gasteiger partial charge in [0, 0.05) is 17.0 Å². The molecule has 1 heterocycles. The van der Waals surface area contributed by atoms with Gasteiger partial charge in [-0.1, -0.05) is 64.2 Å². The summed E-state index contributed by atoms with van der Waals surface area (Å²) in [4.78, 5) is 0. The molecule has 2 rings (SSSR count). The molecule has 0 aliphatic rings. The van der Waals surface area contributed by atoms with Gasteiger partial charge in [-0.3, -0.25) is 0 Å². The molecule has 0 saturated heterocycles. The molecule has 2 aromatic rings. The number of hydrogen-bond acceptors (Lipinski definition) is 2. The zero-order valence-electron chi connectivity index (χ0n) is 12.8.